The third-order valence-electron chi connectivity index (χ3n) is 1.90. The molecule has 0 aliphatic heterocycles. The predicted molar refractivity (Wildman–Crippen MR) is 69.0 cm³/mol. The van der Waals surface area contributed by atoms with Gasteiger partial charge in [-0.25, -0.2) is 4.79 Å². The third-order valence-corrected chi connectivity index (χ3v) is 1.90. The molecule has 0 fully saturated rings. The zero-order chi connectivity index (χ0) is 13.6. The van der Waals surface area contributed by atoms with Crippen LogP contribution in [0.5, 0.6) is 5.75 Å². The van der Waals surface area contributed by atoms with Gasteiger partial charge in [-0.3, -0.25) is 4.89 Å². The number of hydrogen-bond donors (Lipinski definition) is 0. The Labute approximate surface area is 107 Å². The van der Waals surface area contributed by atoms with E-state index >= 15 is 0 Å². The molecule has 4 heteroatoms. The smallest absolute Gasteiger partial charge is 0.365 e. The second kappa shape index (κ2) is 6.21. The van der Waals surface area contributed by atoms with Gasteiger partial charge in [-0.2, -0.15) is 4.89 Å². The molecule has 0 radical (unpaired) electrons. The highest BCUT2D eigenvalue weighted by Gasteiger charge is 2.13. The van der Waals surface area contributed by atoms with Crippen molar-refractivity contribution in [3.63, 3.8) is 0 Å². The van der Waals surface area contributed by atoms with Crippen molar-refractivity contribution in [3.05, 3.63) is 35.9 Å². The Morgan fingerprint density at radius 3 is 2.28 bits per heavy atom. The second-order valence-electron chi connectivity index (χ2n) is 4.70. The molecule has 0 spiro atoms. The zero-order valence-corrected chi connectivity index (χ0v) is 11.1. The number of rotatable bonds is 4. The van der Waals surface area contributed by atoms with Gasteiger partial charge < -0.3 is 4.74 Å². The predicted octanol–water partition coefficient (Wildman–Crippen LogP) is 2.98. The normalized spacial score (nSPS) is 11.6. The third kappa shape index (κ3) is 5.50. The van der Waals surface area contributed by atoms with Crippen molar-refractivity contribution in [3.8, 4) is 5.75 Å². The monoisotopic (exact) mass is 250 g/mol. The summed E-state index contributed by atoms with van der Waals surface area (Å²) < 4.78 is 5.04. The molecule has 98 valence electrons. The molecule has 0 heterocycles. The number of carbonyl (C=O) groups is 1. The van der Waals surface area contributed by atoms with E-state index in [-0.39, 0.29) is 0 Å². The van der Waals surface area contributed by atoms with E-state index < -0.39 is 11.6 Å². The fourth-order valence-electron chi connectivity index (χ4n) is 1.07. The van der Waals surface area contributed by atoms with E-state index in [1.807, 2.05) is 24.3 Å². The first-order valence-corrected chi connectivity index (χ1v) is 5.62. The molecule has 0 aromatic heterocycles. The number of carbonyl (C=O) groups excluding carboxylic acids is 1. The van der Waals surface area contributed by atoms with Crippen LogP contribution in [0, 0.1) is 0 Å². The molecule has 0 N–H and O–H groups in total. The molecular formula is C14H18O4. The fraction of sp³-hybridized carbons (Fsp3) is 0.357. The molecule has 0 saturated heterocycles. The lowest BCUT2D eigenvalue weighted by atomic mass is 10.2. The summed E-state index contributed by atoms with van der Waals surface area (Å²) in [6.07, 6.45) is 2.96. The van der Waals surface area contributed by atoms with E-state index in [0.29, 0.717) is 0 Å². The van der Waals surface area contributed by atoms with Crippen LogP contribution in [0.1, 0.15) is 26.3 Å². The summed E-state index contributed by atoms with van der Waals surface area (Å²) in [6.45, 7) is 5.40. The Morgan fingerprint density at radius 2 is 1.78 bits per heavy atom. The largest absolute Gasteiger partial charge is 0.497 e. The van der Waals surface area contributed by atoms with Gasteiger partial charge >= 0.3 is 5.97 Å². The van der Waals surface area contributed by atoms with Gasteiger partial charge in [0.25, 0.3) is 0 Å². The van der Waals surface area contributed by atoms with Crippen LogP contribution in [-0.4, -0.2) is 18.7 Å². The van der Waals surface area contributed by atoms with Crippen molar-refractivity contribution >= 4 is 12.0 Å². The summed E-state index contributed by atoms with van der Waals surface area (Å²) in [5, 5.41) is 0. The number of hydrogen-bond acceptors (Lipinski definition) is 4. The lowest BCUT2D eigenvalue weighted by molar-refractivity contribution is -0.316. The Kier molecular flexibility index (Phi) is 4.92. The van der Waals surface area contributed by atoms with Crippen molar-refractivity contribution < 1.29 is 19.3 Å². The van der Waals surface area contributed by atoms with Crippen LogP contribution in [-0.2, 0) is 14.6 Å². The summed E-state index contributed by atoms with van der Waals surface area (Å²) in [6, 6.07) is 7.31. The van der Waals surface area contributed by atoms with Gasteiger partial charge in [-0.1, -0.05) is 12.1 Å². The summed E-state index contributed by atoms with van der Waals surface area (Å²) in [5.41, 5.74) is 0.368. The second-order valence-corrected chi connectivity index (χ2v) is 4.70. The zero-order valence-electron chi connectivity index (χ0n) is 11.1. The molecule has 0 atom stereocenters. The van der Waals surface area contributed by atoms with Crippen LogP contribution in [0.3, 0.4) is 0 Å². The average molecular weight is 250 g/mol. The highest BCUT2D eigenvalue weighted by molar-refractivity contribution is 5.86. The minimum atomic E-state index is -0.541. The standard InChI is InChI=1S/C14H18O4/c1-14(2,3)18-17-13(15)10-7-11-5-8-12(16-4)9-6-11/h5-10H,1-4H3/b10-7+. The molecule has 1 aromatic rings. The molecular weight excluding hydrogens is 232 g/mol. The van der Waals surface area contributed by atoms with Gasteiger partial charge in [-0.15, -0.1) is 0 Å². The molecule has 1 aromatic carbocycles. The molecule has 4 nitrogen and oxygen atoms in total. The Bertz CT molecular complexity index is 412. The number of benzene rings is 1. The summed E-state index contributed by atoms with van der Waals surface area (Å²) >= 11 is 0. The van der Waals surface area contributed by atoms with Crippen LogP contribution >= 0.6 is 0 Å². The maximum atomic E-state index is 11.3. The molecule has 18 heavy (non-hydrogen) atoms. The van der Waals surface area contributed by atoms with E-state index in [1.165, 1.54) is 6.08 Å². The Morgan fingerprint density at radius 1 is 1.17 bits per heavy atom. The van der Waals surface area contributed by atoms with Crippen molar-refractivity contribution in [1.29, 1.82) is 0 Å². The van der Waals surface area contributed by atoms with Crippen LogP contribution < -0.4 is 4.74 Å². The Hall–Kier alpha value is -1.81. The van der Waals surface area contributed by atoms with Gasteiger partial charge in [0.15, 0.2) is 0 Å². The number of methoxy groups -OCH3 is 1. The van der Waals surface area contributed by atoms with Gasteiger partial charge in [-0.05, 0) is 44.5 Å². The van der Waals surface area contributed by atoms with Crippen LogP contribution in [0.2, 0.25) is 0 Å². The van der Waals surface area contributed by atoms with E-state index in [1.54, 1.807) is 34.0 Å². The molecule has 0 aliphatic rings. The van der Waals surface area contributed by atoms with Gasteiger partial charge in [0.2, 0.25) is 0 Å². The van der Waals surface area contributed by atoms with Crippen LogP contribution in [0.25, 0.3) is 6.08 Å². The highest BCUT2D eigenvalue weighted by Crippen LogP contribution is 2.12. The van der Waals surface area contributed by atoms with Crippen LogP contribution in [0.4, 0.5) is 0 Å². The van der Waals surface area contributed by atoms with Crippen molar-refractivity contribution in [2.24, 2.45) is 0 Å². The van der Waals surface area contributed by atoms with Gasteiger partial charge in [0, 0.05) is 6.08 Å². The average Bonchev–Trinajstić information content (AvgIpc) is 2.33. The van der Waals surface area contributed by atoms with Crippen molar-refractivity contribution in [1.82, 2.24) is 0 Å². The molecule has 0 bridgehead atoms. The van der Waals surface area contributed by atoms with E-state index in [0.717, 1.165) is 11.3 Å². The minimum absolute atomic E-state index is 0.510. The maximum absolute atomic E-state index is 11.3. The maximum Gasteiger partial charge on any atom is 0.365 e. The first-order valence-electron chi connectivity index (χ1n) is 5.62. The SMILES string of the molecule is COc1ccc(/C=C/C(=O)OOC(C)(C)C)cc1. The molecule has 0 amide bonds. The Balaban J connectivity index is 2.50. The lowest BCUT2D eigenvalue weighted by Gasteiger charge is -2.15. The summed E-state index contributed by atoms with van der Waals surface area (Å²) in [4.78, 5) is 20.8. The minimum Gasteiger partial charge on any atom is -0.497 e. The van der Waals surface area contributed by atoms with E-state index in [4.69, 9.17) is 9.62 Å². The van der Waals surface area contributed by atoms with Crippen molar-refractivity contribution in [2.45, 2.75) is 26.4 Å². The van der Waals surface area contributed by atoms with Crippen molar-refractivity contribution in [2.75, 3.05) is 7.11 Å². The first kappa shape index (κ1) is 14.3. The lowest BCUT2D eigenvalue weighted by Crippen LogP contribution is -2.21. The molecule has 0 saturated carbocycles. The van der Waals surface area contributed by atoms with E-state index in [9.17, 15) is 4.79 Å². The number of ether oxygens (including phenoxy) is 1. The molecule has 0 aliphatic carbocycles. The molecule has 1 rings (SSSR count). The molecule has 0 unspecified atom stereocenters. The van der Waals surface area contributed by atoms with Gasteiger partial charge in [0.1, 0.15) is 11.4 Å². The quantitative estimate of drug-likeness (QED) is 0.468. The fourth-order valence-corrected chi connectivity index (χ4v) is 1.07. The topological polar surface area (TPSA) is 44.8 Å². The van der Waals surface area contributed by atoms with Gasteiger partial charge in [0.05, 0.1) is 7.11 Å². The van der Waals surface area contributed by atoms with Crippen LogP contribution in [0.15, 0.2) is 30.3 Å². The summed E-state index contributed by atoms with van der Waals surface area (Å²) in [7, 11) is 1.60. The highest BCUT2D eigenvalue weighted by atomic mass is 17.2. The summed E-state index contributed by atoms with van der Waals surface area (Å²) in [5.74, 6) is 0.228. The first-order chi connectivity index (χ1) is 8.40. The van der Waals surface area contributed by atoms with E-state index in [2.05, 4.69) is 4.89 Å².